The molecule has 41 heavy (non-hydrogen) atoms. The van der Waals surface area contributed by atoms with Crippen LogP contribution in [0.1, 0.15) is 40.5 Å². The SMILES string of the molecule is COC(=O)[C@H]1[C@H]2C[C@@H]3c4[nH]c5ccccc5c4CCN3C[C@H]2C[C@@H](O)[C@@H]1OC(=O)c1cc(OC)c(OC)c(OC)c1. The molecule has 3 aliphatic rings. The van der Waals surface area contributed by atoms with E-state index in [2.05, 4.69) is 28.1 Å². The van der Waals surface area contributed by atoms with Crippen LogP contribution in [0.5, 0.6) is 17.2 Å². The van der Waals surface area contributed by atoms with E-state index in [-0.39, 0.29) is 23.4 Å². The van der Waals surface area contributed by atoms with Gasteiger partial charge in [0.05, 0.1) is 52.1 Å². The van der Waals surface area contributed by atoms with Crippen LogP contribution in [0, 0.1) is 17.8 Å². The van der Waals surface area contributed by atoms with Gasteiger partial charge in [-0.05, 0) is 54.9 Å². The summed E-state index contributed by atoms with van der Waals surface area (Å²) in [7, 11) is 5.73. The van der Waals surface area contributed by atoms with Gasteiger partial charge in [-0.25, -0.2) is 4.79 Å². The zero-order valence-electron chi connectivity index (χ0n) is 23.7. The normalized spacial score (nSPS) is 27.2. The van der Waals surface area contributed by atoms with E-state index in [1.807, 2.05) is 6.07 Å². The van der Waals surface area contributed by atoms with Gasteiger partial charge < -0.3 is 33.8 Å². The monoisotopic (exact) mass is 564 g/mol. The van der Waals surface area contributed by atoms with Gasteiger partial charge in [0.25, 0.3) is 0 Å². The lowest BCUT2D eigenvalue weighted by atomic mass is 9.64. The van der Waals surface area contributed by atoms with Crippen molar-refractivity contribution in [3.8, 4) is 17.2 Å². The number of H-pyrrole nitrogens is 1. The molecular weight excluding hydrogens is 528 g/mol. The Labute approximate surface area is 238 Å². The van der Waals surface area contributed by atoms with Gasteiger partial charge in [-0.3, -0.25) is 9.69 Å². The Bertz CT molecular complexity index is 1440. The minimum absolute atomic E-state index is 0.0624. The van der Waals surface area contributed by atoms with Gasteiger partial charge in [0.15, 0.2) is 11.5 Å². The predicted molar refractivity (Wildman–Crippen MR) is 149 cm³/mol. The van der Waals surface area contributed by atoms with Crippen LogP contribution in [0.15, 0.2) is 36.4 Å². The van der Waals surface area contributed by atoms with Crippen LogP contribution in [-0.4, -0.2) is 80.7 Å². The van der Waals surface area contributed by atoms with Crippen molar-refractivity contribution in [2.45, 2.75) is 37.5 Å². The minimum Gasteiger partial charge on any atom is -0.493 e. The molecule has 2 fully saturated rings. The summed E-state index contributed by atoms with van der Waals surface area (Å²) in [4.78, 5) is 32.9. The number of aliphatic hydroxyl groups is 1. The predicted octanol–water partition coefficient (Wildman–Crippen LogP) is 3.51. The van der Waals surface area contributed by atoms with Gasteiger partial charge in [-0.15, -0.1) is 0 Å². The highest BCUT2D eigenvalue weighted by Gasteiger charge is 2.54. The van der Waals surface area contributed by atoms with Gasteiger partial charge in [-0.2, -0.15) is 0 Å². The Hall–Kier alpha value is -3.76. The van der Waals surface area contributed by atoms with Crippen molar-refractivity contribution in [2.24, 2.45) is 17.8 Å². The Morgan fingerprint density at radius 1 is 1.00 bits per heavy atom. The van der Waals surface area contributed by atoms with Crippen molar-refractivity contribution >= 4 is 22.8 Å². The number of aromatic nitrogens is 1. The quantitative estimate of drug-likeness (QED) is 0.434. The Balaban J connectivity index is 1.31. The van der Waals surface area contributed by atoms with Crippen molar-refractivity contribution in [1.82, 2.24) is 9.88 Å². The number of para-hydroxylation sites is 1. The molecule has 218 valence electrons. The number of carbonyl (C=O) groups is 2. The number of carbonyl (C=O) groups excluding carboxylic acids is 2. The minimum atomic E-state index is -1.06. The van der Waals surface area contributed by atoms with Crippen LogP contribution in [0.3, 0.4) is 0 Å². The number of nitrogens with one attached hydrogen (secondary N) is 1. The van der Waals surface area contributed by atoms with E-state index in [9.17, 15) is 14.7 Å². The molecule has 2 aromatic carbocycles. The average Bonchev–Trinajstić information content (AvgIpc) is 3.38. The summed E-state index contributed by atoms with van der Waals surface area (Å²) in [5, 5.41) is 12.5. The molecule has 2 aliphatic heterocycles. The Morgan fingerprint density at radius 3 is 2.41 bits per heavy atom. The lowest BCUT2D eigenvalue weighted by Gasteiger charge is -2.52. The molecule has 3 heterocycles. The molecule has 10 nitrogen and oxygen atoms in total. The molecule has 0 unspecified atom stereocenters. The largest absolute Gasteiger partial charge is 0.493 e. The first-order chi connectivity index (χ1) is 19.9. The molecule has 1 saturated carbocycles. The van der Waals surface area contributed by atoms with Crippen molar-refractivity contribution in [2.75, 3.05) is 41.5 Å². The van der Waals surface area contributed by atoms with Crippen molar-refractivity contribution < 1.29 is 38.4 Å². The van der Waals surface area contributed by atoms with Crippen LogP contribution in [0.25, 0.3) is 10.9 Å². The molecule has 0 bridgehead atoms. The molecule has 1 aliphatic carbocycles. The van der Waals surface area contributed by atoms with Crippen LogP contribution in [0.4, 0.5) is 0 Å². The third-order valence-corrected chi connectivity index (χ3v) is 9.20. The maximum absolute atomic E-state index is 13.5. The number of aromatic amines is 1. The third-order valence-electron chi connectivity index (χ3n) is 9.20. The molecule has 2 N–H and O–H groups in total. The van der Waals surface area contributed by atoms with E-state index in [1.54, 1.807) is 0 Å². The van der Waals surface area contributed by atoms with Crippen LogP contribution in [0.2, 0.25) is 0 Å². The fourth-order valence-corrected chi connectivity index (χ4v) is 7.34. The number of ether oxygens (including phenoxy) is 5. The number of piperidine rings is 1. The summed E-state index contributed by atoms with van der Waals surface area (Å²) < 4.78 is 27.3. The van der Waals surface area contributed by atoms with Gasteiger partial charge in [0, 0.05) is 29.7 Å². The van der Waals surface area contributed by atoms with E-state index in [1.165, 1.54) is 57.2 Å². The van der Waals surface area contributed by atoms with Gasteiger partial charge in [0.1, 0.15) is 6.10 Å². The number of methoxy groups -OCH3 is 4. The maximum atomic E-state index is 13.5. The number of hydrogen-bond acceptors (Lipinski definition) is 9. The van der Waals surface area contributed by atoms with Crippen molar-refractivity contribution in [3.63, 3.8) is 0 Å². The zero-order chi connectivity index (χ0) is 28.8. The summed E-state index contributed by atoms with van der Waals surface area (Å²) in [6.45, 7) is 1.67. The first-order valence-electron chi connectivity index (χ1n) is 14.0. The molecule has 6 rings (SSSR count). The van der Waals surface area contributed by atoms with Crippen molar-refractivity contribution in [1.29, 1.82) is 0 Å². The molecular formula is C31H36N2O8. The highest BCUT2D eigenvalue weighted by Crippen LogP contribution is 2.50. The maximum Gasteiger partial charge on any atom is 0.338 e. The molecule has 6 atom stereocenters. The second-order valence-corrected chi connectivity index (χ2v) is 11.1. The van der Waals surface area contributed by atoms with Gasteiger partial charge >= 0.3 is 11.9 Å². The van der Waals surface area contributed by atoms with E-state index in [0.717, 1.165) is 25.0 Å². The van der Waals surface area contributed by atoms with Crippen LogP contribution in [-0.2, 0) is 20.7 Å². The van der Waals surface area contributed by atoms with Crippen molar-refractivity contribution in [3.05, 3.63) is 53.2 Å². The summed E-state index contributed by atoms with van der Waals surface area (Å²) >= 11 is 0. The lowest BCUT2D eigenvalue weighted by Crippen LogP contribution is -2.58. The molecule has 0 radical (unpaired) electrons. The fraction of sp³-hybridized carbons (Fsp3) is 0.484. The highest BCUT2D eigenvalue weighted by molar-refractivity contribution is 5.91. The number of hydrogen-bond donors (Lipinski definition) is 2. The molecule has 1 aromatic heterocycles. The first-order valence-corrected chi connectivity index (χ1v) is 14.0. The summed E-state index contributed by atoms with van der Waals surface area (Å²) in [6, 6.07) is 11.4. The van der Waals surface area contributed by atoms with E-state index < -0.39 is 30.1 Å². The molecule has 3 aromatic rings. The zero-order valence-corrected chi connectivity index (χ0v) is 23.7. The number of fused-ring (bicyclic) bond motifs is 6. The van der Waals surface area contributed by atoms with E-state index in [0.29, 0.717) is 30.1 Å². The molecule has 0 spiro atoms. The topological polar surface area (TPSA) is 120 Å². The third kappa shape index (κ3) is 4.59. The molecule has 1 saturated heterocycles. The smallest absolute Gasteiger partial charge is 0.338 e. The summed E-state index contributed by atoms with van der Waals surface area (Å²) in [5.41, 5.74) is 3.79. The Kier molecular flexibility index (Phi) is 7.29. The van der Waals surface area contributed by atoms with Gasteiger partial charge in [0.2, 0.25) is 5.75 Å². The number of rotatable bonds is 6. The number of aliphatic hydroxyl groups excluding tert-OH is 1. The number of esters is 2. The second-order valence-electron chi connectivity index (χ2n) is 11.1. The van der Waals surface area contributed by atoms with Crippen LogP contribution >= 0.6 is 0 Å². The first kappa shape index (κ1) is 27.4. The lowest BCUT2D eigenvalue weighted by molar-refractivity contribution is -0.172. The standard InChI is InChI=1S/C31H36N2O8/c1-37-24-12-16(13-25(38-2)29(24)39-3)30(35)41-28-23(34)11-17-15-33-10-9-19-18-7-5-6-8-21(18)32-27(19)22(33)14-20(17)26(28)31(36)40-4/h5-8,12-13,17,20,22-23,26,28,32,34H,9-11,14-15H2,1-4H3/t17-,20+,22-,23-,26+,28+/m1/s1. The average molecular weight is 565 g/mol. The number of benzene rings is 2. The van der Waals surface area contributed by atoms with Gasteiger partial charge in [-0.1, -0.05) is 18.2 Å². The number of nitrogens with zero attached hydrogens (tertiary/aromatic N) is 1. The van der Waals surface area contributed by atoms with Crippen LogP contribution < -0.4 is 14.2 Å². The summed E-state index contributed by atoms with van der Waals surface area (Å²) in [5.74, 6) is -1.13. The Morgan fingerprint density at radius 2 is 1.73 bits per heavy atom. The highest BCUT2D eigenvalue weighted by atomic mass is 16.6. The molecule has 0 amide bonds. The molecule has 10 heteroatoms. The van der Waals surface area contributed by atoms with E-state index in [4.69, 9.17) is 23.7 Å². The fourth-order valence-electron chi connectivity index (χ4n) is 7.34. The second kappa shape index (κ2) is 10.9. The summed E-state index contributed by atoms with van der Waals surface area (Å²) in [6.07, 6.45) is -0.0156. The van der Waals surface area contributed by atoms with E-state index >= 15 is 0 Å².